The summed E-state index contributed by atoms with van der Waals surface area (Å²) in [5.41, 5.74) is 2.59. The number of hydrogen-bond donors (Lipinski definition) is 3. The van der Waals surface area contributed by atoms with E-state index in [9.17, 15) is 15.3 Å². The number of aliphatic hydroxyl groups is 3. The molecule has 1 fully saturated rings. The van der Waals surface area contributed by atoms with Crippen molar-refractivity contribution >= 4 is 22.1 Å². The third-order valence-electron chi connectivity index (χ3n) is 4.15. The minimum atomic E-state index is -1.18. The van der Waals surface area contributed by atoms with Gasteiger partial charge in [0.1, 0.15) is 30.3 Å². The fourth-order valence-electron chi connectivity index (χ4n) is 3.05. The molecule has 3 aromatic rings. The van der Waals surface area contributed by atoms with E-state index in [1.165, 1.54) is 12.6 Å². The van der Waals surface area contributed by atoms with Crippen LogP contribution >= 0.6 is 0 Å². The highest BCUT2D eigenvalue weighted by atomic mass is 16.6. The summed E-state index contributed by atoms with van der Waals surface area (Å²) in [7, 11) is 0. The van der Waals surface area contributed by atoms with Crippen molar-refractivity contribution < 1.29 is 24.5 Å². The Labute approximate surface area is 124 Å². The van der Waals surface area contributed by atoms with E-state index < -0.39 is 24.5 Å². The highest BCUT2D eigenvalue weighted by molar-refractivity contribution is 6.04. The molecule has 116 valence electrons. The monoisotopic (exact) mass is 305 g/mol. The molecule has 8 nitrogen and oxygen atoms in total. The van der Waals surface area contributed by atoms with Crippen LogP contribution in [0, 0.1) is 6.92 Å². The molecular weight excluding hydrogens is 290 g/mol. The first-order chi connectivity index (χ1) is 10.6. The summed E-state index contributed by atoms with van der Waals surface area (Å²) in [5.74, 6) is 0. The number of aliphatic hydroxyl groups excluding tert-OH is 3. The largest absolute Gasteiger partial charge is 0.462 e. The molecule has 1 aliphatic rings. The normalized spacial score (nSPS) is 28.9. The van der Waals surface area contributed by atoms with Gasteiger partial charge in [0.15, 0.2) is 11.8 Å². The Morgan fingerprint density at radius 2 is 2.09 bits per heavy atom. The molecule has 0 aromatic carbocycles. The van der Waals surface area contributed by atoms with E-state index in [0.29, 0.717) is 16.7 Å². The first-order valence-corrected chi connectivity index (χ1v) is 6.94. The van der Waals surface area contributed by atoms with Crippen molar-refractivity contribution in [2.75, 3.05) is 6.61 Å². The van der Waals surface area contributed by atoms with Crippen molar-refractivity contribution in [1.29, 1.82) is 0 Å². The van der Waals surface area contributed by atoms with Crippen molar-refractivity contribution in [3.63, 3.8) is 0 Å². The van der Waals surface area contributed by atoms with Gasteiger partial charge in [-0.25, -0.2) is 9.97 Å². The van der Waals surface area contributed by atoms with Crippen molar-refractivity contribution in [3.8, 4) is 0 Å². The number of aromatic nitrogens is 3. The van der Waals surface area contributed by atoms with E-state index in [1.807, 2.05) is 6.92 Å². The van der Waals surface area contributed by atoms with Crippen molar-refractivity contribution in [3.05, 3.63) is 24.4 Å². The third-order valence-corrected chi connectivity index (χ3v) is 4.15. The molecule has 4 rings (SSSR count). The molecule has 0 unspecified atom stereocenters. The third kappa shape index (κ3) is 1.66. The minimum Gasteiger partial charge on any atom is -0.462 e. The maximum absolute atomic E-state index is 10.3. The van der Waals surface area contributed by atoms with Gasteiger partial charge in [-0.05, 0) is 6.92 Å². The molecule has 0 radical (unpaired) electrons. The van der Waals surface area contributed by atoms with Crippen LogP contribution in [0.25, 0.3) is 22.1 Å². The lowest BCUT2D eigenvalue weighted by Gasteiger charge is -2.18. The summed E-state index contributed by atoms with van der Waals surface area (Å²) in [6, 6.07) is 1.74. The Balaban J connectivity index is 1.98. The van der Waals surface area contributed by atoms with Crippen LogP contribution in [0.5, 0.6) is 0 Å². The Bertz CT molecular complexity index is 842. The lowest BCUT2D eigenvalue weighted by Crippen LogP contribution is -2.33. The van der Waals surface area contributed by atoms with Gasteiger partial charge in [-0.3, -0.25) is 4.57 Å². The predicted molar refractivity (Wildman–Crippen MR) is 75.0 cm³/mol. The molecule has 4 atom stereocenters. The molecule has 3 aromatic heterocycles. The van der Waals surface area contributed by atoms with Crippen molar-refractivity contribution in [2.45, 2.75) is 31.5 Å². The van der Waals surface area contributed by atoms with Crippen LogP contribution in [-0.4, -0.2) is 54.8 Å². The van der Waals surface area contributed by atoms with Crippen LogP contribution in [0.1, 0.15) is 11.9 Å². The average Bonchev–Trinajstić information content (AvgIpc) is 3.15. The van der Waals surface area contributed by atoms with Crippen LogP contribution in [-0.2, 0) is 4.74 Å². The van der Waals surface area contributed by atoms with E-state index in [2.05, 4.69) is 9.97 Å². The van der Waals surface area contributed by atoms with Gasteiger partial charge in [-0.1, -0.05) is 0 Å². The van der Waals surface area contributed by atoms with E-state index in [4.69, 9.17) is 9.15 Å². The second kappa shape index (κ2) is 4.75. The first kappa shape index (κ1) is 13.6. The molecule has 1 aliphatic heterocycles. The van der Waals surface area contributed by atoms with E-state index in [1.54, 1.807) is 10.6 Å². The van der Waals surface area contributed by atoms with Crippen molar-refractivity contribution in [1.82, 2.24) is 14.5 Å². The van der Waals surface area contributed by atoms with Gasteiger partial charge in [-0.15, -0.1) is 0 Å². The summed E-state index contributed by atoms with van der Waals surface area (Å²) >= 11 is 0. The van der Waals surface area contributed by atoms with E-state index >= 15 is 0 Å². The van der Waals surface area contributed by atoms with Gasteiger partial charge >= 0.3 is 0 Å². The standard InChI is InChI=1S/C14H15N3O5/c1-6-9-12-7(2-3-21-12)17(13(9)16-5-15-6)14-11(20)10(19)8(4-18)22-14/h2-3,5,8,10-11,14,18-20H,4H2,1H3/t8-,10-,11-,14-/m1/s1. The summed E-state index contributed by atoms with van der Waals surface area (Å²) < 4.78 is 12.8. The van der Waals surface area contributed by atoms with Crippen LogP contribution in [0.4, 0.5) is 0 Å². The molecule has 0 amide bonds. The summed E-state index contributed by atoms with van der Waals surface area (Å²) in [6.45, 7) is 1.46. The molecule has 3 N–H and O–H groups in total. The molecular formula is C14H15N3O5. The molecule has 8 heteroatoms. The number of furan rings is 1. The topological polar surface area (TPSA) is 114 Å². The lowest BCUT2D eigenvalue weighted by molar-refractivity contribution is -0.0489. The number of aryl methyl sites for hydroxylation is 1. The van der Waals surface area contributed by atoms with Gasteiger partial charge in [0.05, 0.1) is 29.5 Å². The van der Waals surface area contributed by atoms with Crippen LogP contribution < -0.4 is 0 Å². The fourth-order valence-corrected chi connectivity index (χ4v) is 3.05. The minimum absolute atomic E-state index is 0.379. The lowest BCUT2D eigenvalue weighted by atomic mass is 10.1. The maximum Gasteiger partial charge on any atom is 0.165 e. The quantitative estimate of drug-likeness (QED) is 0.615. The van der Waals surface area contributed by atoms with Gasteiger partial charge in [0, 0.05) is 6.07 Å². The molecule has 0 aliphatic carbocycles. The molecule has 0 bridgehead atoms. The van der Waals surface area contributed by atoms with Crippen LogP contribution in [0.2, 0.25) is 0 Å². The summed E-state index contributed by atoms with van der Waals surface area (Å²) in [6.07, 6.45) is -1.09. The first-order valence-electron chi connectivity index (χ1n) is 6.94. The molecule has 4 heterocycles. The van der Waals surface area contributed by atoms with Crippen LogP contribution in [0.15, 0.2) is 23.1 Å². The Morgan fingerprint density at radius 3 is 2.82 bits per heavy atom. The Hall–Kier alpha value is -2.00. The zero-order valence-corrected chi connectivity index (χ0v) is 11.7. The molecule has 22 heavy (non-hydrogen) atoms. The van der Waals surface area contributed by atoms with E-state index in [-0.39, 0.29) is 6.61 Å². The van der Waals surface area contributed by atoms with Gasteiger partial charge in [0.25, 0.3) is 0 Å². The number of hydrogen-bond acceptors (Lipinski definition) is 7. The predicted octanol–water partition coefficient (Wildman–Crippen LogP) is 0.0974. The molecule has 1 saturated heterocycles. The maximum atomic E-state index is 10.3. The van der Waals surface area contributed by atoms with Gasteiger partial charge < -0.3 is 24.5 Å². The summed E-state index contributed by atoms with van der Waals surface area (Å²) in [5, 5.41) is 30.2. The van der Waals surface area contributed by atoms with Crippen LogP contribution in [0.3, 0.4) is 0 Å². The highest BCUT2D eigenvalue weighted by Gasteiger charge is 2.44. The second-order valence-electron chi connectivity index (χ2n) is 5.39. The zero-order valence-electron chi connectivity index (χ0n) is 11.7. The van der Waals surface area contributed by atoms with E-state index in [0.717, 1.165) is 11.1 Å². The highest BCUT2D eigenvalue weighted by Crippen LogP contribution is 2.38. The number of nitrogens with zero attached hydrogens (tertiary/aromatic N) is 3. The van der Waals surface area contributed by atoms with Gasteiger partial charge in [-0.2, -0.15) is 0 Å². The smallest absolute Gasteiger partial charge is 0.165 e. The van der Waals surface area contributed by atoms with Crippen molar-refractivity contribution in [2.24, 2.45) is 0 Å². The molecule has 0 saturated carbocycles. The fraction of sp³-hybridized carbons (Fsp3) is 0.429. The second-order valence-corrected chi connectivity index (χ2v) is 5.39. The molecule has 0 spiro atoms. The average molecular weight is 305 g/mol. The number of fused-ring (bicyclic) bond motifs is 3. The number of ether oxygens (including phenoxy) is 1. The van der Waals surface area contributed by atoms with Gasteiger partial charge in [0.2, 0.25) is 0 Å². The SMILES string of the molecule is Cc1ncnc2c1c1occc1n2[C@@H]1O[C@H](CO)[C@@H](O)[C@H]1O. The Morgan fingerprint density at radius 1 is 1.27 bits per heavy atom. The summed E-state index contributed by atoms with van der Waals surface area (Å²) in [4.78, 5) is 8.43. The number of rotatable bonds is 2. The zero-order chi connectivity index (χ0) is 15.4. The Kier molecular flexibility index (Phi) is 2.95.